The molecule has 1 saturated carbocycles. The molecule has 0 bridgehead atoms. The largest absolute Gasteiger partial charge is 0.353 e. The Balaban J connectivity index is 1.62. The molecule has 4 unspecified atom stereocenters. The predicted molar refractivity (Wildman–Crippen MR) is 85.4 cm³/mol. The highest BCUT2D eigenvalue weighted by molar-refractivity contribution is 5.94. The lowest BCUT2D eigenvalue weighted by Gasteiger charge is -2.44. The summed E-state index contributed by atoms with van der Waals surface area (Å²) in [4.78, 5) is 24.1. The van der Waals surface area contributed by atoms with Gasteiger partial charge in [0.1, 0.15) is 0 Å². The minimum absolute atomic E-state index is 0.0155. The number of benzene rings is 1. The minimum Gasteiger partial charge on any atom is -0.353 e. The number of piperidine rings is 1. The van der Waals surface area contributed by atoms with Gasteiger partial charge in [0.15, 0.2) is 0 Å². The van der Waals surface area contributed by atoms with Crippen LogP contribution in [0.25, 0.3) is 0 Å². The van der Waals surface area contributed by atoms with Crippen molar-refractivity contribution in [2.45, 2.75) is 51.1 Å². The van der Waals surface area contributed by atoms with E-state index in [4.69, 9.17) is 0 Å². The second kappa shape index (κ2) is 6.51. The van der Waals surface area contributed by atoms with Crippen LogP contribution in [-0.4, -0.2) is 23.9 Å². The van der Waals surface area contributed by atoms with Crippen LogP contribution in [0, 0.1) is 11.8 Å². The van der Waals surface area contributed by atoms with Crippen molar-refractivity contribution in [1.82, 2.24) is 10.6 Å². The molecule has 2 fully saturated rings. The van der Waals surface area contributed by atoms with Crippen LogP contribution in [0.1, 0.15) is 49.4 Å². The first kappa shape index (κ1) is 15.1. The van der Waals surface area contributed by atoms with Gasteiger partial charge >= 0.3 is 0 Å². The normalized spacial score (nSPS) is 31.0. The first-order valence-electron chi connectivity index (χ1n) is 8.32. The molecule has 2 aliphatic rings. The van der Waals surface area contributed by atoms with Crippen LogP contribution in [0.5, 0.6) is 0 Å². The molecule has 0 aromatic heterocycles. The lowest BCUT2D eigenvalue weighted by molar-refractivity contribution is -0.127. The van der Waals surface area contributed by atoms with Crippen LogP contribution in [0.15, 0.2) is 30.3 Å². The van der Waals surface area contributed by atoms with E-state index < -0.39 is 0 Å². The summed E-state index contributed by atoms with van der Waals surface area (Å²) < 4.78 is 0. The standard InChI is InChI=1S/C18H24N2O2/c1-2-12-10-17(21)20-16-11-14(8-9-15(12)16)19-18(22)13-6-4-3-5-7-13/h3-7,12,14-16H,2,8-11H2,1H3,(H,19,22)(H,20,21). The highest BCUT2D eigenvalue weighted by Crippen LogP contribution is 2.36. The molecular weight excluding hydrogens is 276 g/mol. The van der Waals surface area contributed by atoms with Gasteiger partial charge in [-0.2, -0.15) is 0 Å². The van der Waals surface area contributed by atoms with E-state index in [0.29, 0.717) is 23.8 Å². The van der Waals surface area contributed by atoms with Crippen LogP contribution in [0.4, 0.5) is 0 Å². The number of fused-ring (bicyclic) bond motifs is 1. The van der Waals surface area contributed by atoms with Crippen molar-refractivity contribution in [3.05, 3.63) is 35.9 Å². The average Bonchev–Trinajstić information content (AvgIpc) is 2.54. The van der Waals surface area contributed by atoms with E-state index in [1.165, 1.54) is 0 Å². The molecule has 1 aromatic carbocycles. The first-order chi connectivity index (χ1) is 10.7. The number of hydrogen-bond acceptors (Lipinski definition) is 2. The Morgan fingerprint density at radius 2 is 2.05 bits per heavy atom. The third kappa shape index (κ3) is 3.16. The molecule has 0 spiro atoms. The van der Waals surface area contributed by atoms with E-state index in [1.54, 1.807) is 0 Å². The summed E-state index contributed by atoms with van der Waals surface area (Å²) in [5, 5.41) is 6.26. The van der Waals surface area contributed by atoms with Crippen molar-refractivity contribution in [2.24, 2.45) is 11.8 Å². The van der Waals surface area contributed by atoms with E-state index in [0.717, 1.165) is 25.7 Å². The first-order valence-corrected chi connectivity index (χ1v) is 8.32. The number of carbonyl (C=O) groups excluding carboxylic acids is 2. The second-order valence-electron chi connectivity index (χ2n) is 6.56. The Hall–Kier alpha value is -1.84. The van der Waals surface area contributed by atoms with Gasteiger partial charge in [-0.25, -0.2) is 0 Å². The third-order valence-corrected chi connectivity index (χ3v) is 5.20. The number of hydrogen-bond donors (Lipinski definition) is 2. The van der Waals surface area contributed by atoms with Crippen LogP contribution in [-0.2, 0) is 4.79 Å². The molecule has 4 nitrogen and oxygen atoms in total. The van der Waals surface area contributed by atoms with Crippen LogP contribution in [0.2, 0.25) is 0 Å². The second-order valence-corrected chi connectivity index (χ2v) is 6.56. The molecule has 1 heterocycles. The molecule has 1 saturated heterocycles. The van der Waals surface area contributed by atoms with Gasteiger partial charge in [0.05, 0.1) is 0 Å². The summed E-state index contributed by atoms with van der Waals surface area (Å²) in [6, 6.07) is 9.70. The van der Waals surface area contributed by atoms with Crippen LogP contribution < -0.4 is 10.6 Å². The zero-order chi connectivity index (χ0) is 15.5. The monoisotopic (exact) mass is 300 g/mol. The lowest BCUT2D eigenvalue weighted by atomic mass is 9.70. The fourth-order valence-electron chi connectivity index (χ4n) is 4.02. The number of carbonyl (C=O) groups is 2. The van der Waals surface area contributed by atoms with Crippen LogP contribution >= 0.6 is 0 Å². The molecular formula is C18H24N2O2. The minimum atomic E-state index is -0.0155. The highest BCUT2D eigenvalue weighted by atomic mass is 16.2. The Morgan fingerprint density at radius 1 is 1.27 bits per heavy atom. The van der Waals surface area contributed by atoms with Crippen molar-refractivity contribution in [2.75, 3.05) is 0 Å². The Labute approximate surface area is 131 Å². The fraction of sp³-hybridized carbons (Fsp3) is 0.556. The quantitative estimate of drug-likeness (QED) is 0.901. The van der Waals surface area contributed by atoms with E-state index in [1.807, 2.05) is 30.3 Å². The van der Waals surface area contributed by atoms with E-state index in [9.17, 15) is 9.59 Å². The van der Waals surface area contributed by atoms with Crippen molar-refractivity contribution in [1.29, 1.82) is 0 Å². The van der Waals surface area contributed by atoms with E-state index in [2.05, 4.69) is 17.6 Å². The van der Waals surface area contributed by atoms with Gasteiger partial charge in [0.2, 0.25) is 5.91 Å². The molecule has 1 aliphatic carbocycles. The molecule has 22 heavy (non-hydrogen) atoms. The van der Waals surface area contributed by atoms with Crippen molar-refractivity contribution in [3.8, 4) is 0 Å². The summed E-state index contributed by atoms with van der Waals surface area (Å²) in [6.07, 6.45) is 4.68. The van der Waals surface area contributed by atoms with Gasteiger partial charge in [0, 0.05) is 24.1 Å². The van der Waals surface area contributed by atoms with Gasteiger partial charge in [-0.3, -0.25) is 9.59 Å². The molecule has 1 aliphatic heterocycles. The lowest BCUT2D eigenvalue weighted by Crippen LogP contribution is -2.55. The maximum Gasteiger partial charge on any atom is 0.251 e. The topological polar surface area (TPSA) is 58.2 Å². The van der Waals surface area contributed by atoms with Gasteiger partial charge in [0.25, 0.3) is 5.91 Å². The van der Waals surface area contributed by atoms with Crippen molar-refractivity contribution in [3.63, 3.8) is 0 Å². The molecule has 4 atom stereocenters. The Kier molecular flexibility index (Phi) is 4.46. The summed E-state index contributed by atoms with van der Waals surface area (Å²) in [7, 11) is 0. The van der Waals surface area contributed by atoms with Crippen LogP contribution in [0.3, 0.4) is 0 Å². The van der Waals surface area contributed by atoms with Crippen molar-refractivity contribution >= 4 is 11.8 Å². The molecule has 0 radical (unpaired) electrons. The molecule has 2 N–H and O–H groups in total. The van der Waals surface area contributed by atoms with Gasteiger partial charge in [-0.05, 0) is 43.2 Å². The summed E-state index contributed by atoms with van der Waals surface area (Å²) in [6.45, 7) is 2.17. The zero-order valence-corrected chi connectivity index (χ0v) is 13.0. The van der Waals surface area contributed by atoms with Gasteiger partial charge in [-0.1, -0.05) is 31.5 Å². The molecule has 1 aromatic rings. The molecule has 3 rings (SSSR count). The molecule has 2 amide bonds. The van der Waals surface area contributed by atoms with Gasteiger partial charge < -0.3 is 10.6 Å². The molecule has 118 valence electrons. The summed E-state index contributed by atoms with van der Waals surface area (Å²) >= 11 is 0. The SMILES string of the molecule is CCC1CC(=O)NC2CC(NC(=O)c3ccccc3)CCC12. The van der Waals surface area contributed by atoms with Gasteiger partial charge in [-0.15, -0.1) is 0 Å². The Morgan fingerprint density at radius 3 is 2.77 bits per heavy atom. The number of amides is 2. The maximum absolute atomic E-state index is 12.3. The van der Waals surface area contributed by atoms with E-state index >= 15 is 0 Å². The average molecular weight is 300 g/mol. The fourth-order valence-corrected chi connectivity index (χ4v) is 4.02. The maximum atomic E-state index is 12.3. The summed E-state index contributed by atoms with van der Waals surface area (Å²) in [5.74, 6) is 1.23. The zero-order valence-electron chi connectivity index (χ0n) is 13.0. The molecule has 4 heteroatoms. The Bertz CT molecular complexity index is 543. The van der Waals surface area contributed by atoms with E-state index in [-0.39, 0.29) is 23.9 Å². The summed E-state index contributed by atoms with van der Waals surface area (Å²) in [5.41, 5.74) is 0.698. The number of nitrogens with one attached hydrogen (secondary N) is 2. The predicted octanol–water partition coefficient (Wildman–Crippen LogP) is 2.50. The third-order valence-electron chi connectivity index (χ3n) is 5.20. The highest BCUT2D eigenvalue weighted by Gasteiger charge is 2.40. The van der Waals surface area contributed by atoms with Crippen molar-refractivity contribution < 1.29 is 9.59 Å². The smallest absolute Gasteiger partial charge is 0.251 e. The number of rotatable bonds is 3.